The van der Waals surface area contributed by atoms with Gasteiger partial charge in [0.25, 0.3) is 23.6 Å². The Morgan fingerprint density at radius 1 is 0.808 bits per heavy atom. The number of anilines is 5. The van der Waals surface area contributed by atoms with Crippen LogP contribution in [0, 0.1) is 5.41 Å². The van der Waals surface area contributed by atoms with Gasteiger partial charge in [-0.1, -0.05) is 13.8 Å². The fraction of sp³-hybridized carbons (Fsp3) is 0.455. The number of amides is 5. The molecule has 1 aliphatic carbocycles. The first-order chi connectivity index (χ1) is 37.2. The number of methoxy groups -OCH3 is 1. The van der Waals surface area contributed by atoms with Crippen molar-refractivity contribution < 1.29 is 52.7 Å². The average Bonchev–Trinajstić information content (AvgIpc) is 4.17. The molecule has 78 heavy (non-hydrogen) atoms. The number of aliphatic hydroxyl groups excluding tert-OH is 1. The number of piperazine rings is 1. The van der Waals surface area contributed by atoms with Gasteiger partial charge in [-0.3, -0.25) is 48.1 Å². The summed E-state index contributed by atoms with van der Waals surface area (Å²) in [5.41, 5.74) is 7.86. The lowest BCUT2D eigenvalue weighted by molar-refractivity contribution is -0.161. The summed E-state index contributed by atoms with van der Waals surface area (Å²) in [6, 6.07) is 14.0. The maximum atomic E-state index is 14.1. The number of nitrogens with zero attached hydrogens (tertiary/aromatic N) is 10. The Labute approximate surface area is 451 Å². The van der Waals surface area contributed by atoms with Crippen LogP contribution in [0.25, 0.3) is 11.1 Å². The van der Waals surface area contributed by atoms with Crippen LogP contribution in [-0.4, -0.2) is 149 Å². The van der Waals surface area contributed by atoms with E-state index in [1.54, 1.807) is 49.5 Å². The zero-order valence-corrected chi connectivity index (χ0v) is 45.4. The zero-order chi connectivity index (χ0) is 55.1. The molecule has 3 fully saturated rings. The molecular weight excluding hydrogens is 1020 g/mol. The highest BCUT2D eigenvalue weighted by atomic mass is 31.2. The molecule has 410 valence electrons. The van der Waals surface area contributed by atoms with Crippen molar-refractivity contribution in [3.05, 3.63) is 101 Å². The van der Waals surface area contributed by atoms with E-state index in [1.165, 1.54) is 11.3 Å². The Morgan fingerprint density at radius 2 is 1.56 bits per heavy atom. The topological polar surface area (TPSA) is 257 Å². The Hall–Kier alpha value is -7.07. The number of fused-ring (bicyclic) bond motifs is 4. The van der Waals surface area contributed by atoms with Gasteiger partial charge in [0.05, 0.1) is 36.2 Å². The number of hydrogen-bond donors (Lipinski definition) is 4. The number of rotatable bonds is 13. The van der Waals surface area contributed by atoms with Gasteiger partial charge >= 0.3 is 7.82 Å². The van der Waals surface area contributed by atoms with E-state index < -0.39 is 49.8 Å². The van der Waals surface area contributed by atoms with E-state index in [9.17, 15) is 43.4 Å². The number of hydrogen-bond acceptors (Lipinski definition) is 16. The lowest BCUT2D eigenvalue weighted by atomic mass is 9.90. The number of imide groups is 2. The third-order valence-corrected chi connectivity index (χ3v) is 16.8. The highest BCUT2D eigenvalue weighted by Gasteiger charge is 2.49. The summed E-state index contributed by atoms with van der Waals surface area (Å²) in [6.45, 7) is 14.6. The van der Waals surface area contributed by atoms with Crippen molar-refractivity contribution in [1.29, 1.82) is 0 Å². The first-order valence-corrected chi connectivity index (χ1v) is 28.1. The molecule has 2 unspecified atom stereocenters. The predicted octanol–water partition coefficient (Wildman–Crippen LogP) is 5.68. The lowest BCUT2D eigenvalue weighted by Crippen LogP contribution is -2.58. The van der Waals surface area contributed by atoms with Crippen molar-refractivity contribution in [3.63, 3.8) is 0 Å². The Kier molecular flexibility index (Phi) is 13.8. The highest BCUT2D eigenvalue weighted by Crippen LogP contribution is 2.43. The fourth-order valence-corrected chi connectivity index (χ4v) is 13.1. The minimum absolute atomic E-state index is 0.118. The molecule has 11 rings (SSSR count). The van der Waals surface area contributed by atoms with Crippen molar-refractivity contribution in [2.24, 2.45) is 5.41 Å². The average molecular weight is 1090 g/mol. The van der Waals surface area contributed by atoms with Crippen LogP contribution in [0.2, 0.25) is 0 Å². The number of phosphoric acid groups is 1. The SMILES string of the molecule is COc1ncc(-c2ccnc(N3CCn4c(cc5c4CC(C)(C)C5)C3=O)c2[C@H](C)O)cc1Nc1ccc(N2CCN(C3CCN(c4ccc5c(c4)C(=O)N(C4CCC(=O)N(C(C)OP(=O)(O)O)C4=O)C5=O)CC3)C[C@@H]2C)cn1. The smallest absolute Gasteiger partial charge is 0.471 e. The van der Waals surface area contributed by atoms with E-state index in [0.717, 1.165) is 81.6 Å². The number of aromatic nitrogens is 4. The van der Waals surface area contributed by atoms with Crippen molar-refractivity contribution in [2.75, 3.05) is 66.4 Å². The standard InChI is InChI=1S/C55H64N11O11P/c1-31-30-61(36-14-17-60(18-15-36)37-7-9-40-41(25-37)52(70)66(51(40)69)43-10-12-47(68)65(54(43)72)33(3)77-78(73,74)75)19-20-62(31)38-8-11-46(57-29-38)59-42-23-35(28-58-50(42)76-6)39-13-16-56-49(48(39)32(2)67)64-22-21-63-44(53(64)71)24-34-26-55(4,5)27-45(34)63/h7-9,11,13,16,23-25,28-29,31-33,36,43,67H,10,12,14-15,17-22,26-27,30H2,1-6H3,(H,57,59)(H2,73,74,75)/t31-,32-,33?,43?/m0/s1. The normalized spacial score (nSPS) is 21.8. The van der Waals surface area contributed by atoms with E-state index in [-0.39, 0.29) is 41.3 Å². The van der Waals surface area contributed by atoms with Crippen LogP contribution < -0.4 is 24.8 Å². The van der Waals surface area contributed by atoms with Crippen LogP contribution in [0.4, 0.5) is 28.7 Å². The molecule has 5 aromatic rings. The van der Waals surface area contributed by atoms with Crippen molar-refractivity contribution in [2.45, 2.75) is 110 Å². The molecule has 0 bridgehead atoms. The number of phosphoric ester groups is 1. The van der Waals surface area contributed by atoms with E-state index in [2.05, 4.69) is 59.8 Å². The number of benzene rings is 1. The maximum absolute atomic E-state index is 14.1. The number of piperidine rings is 2. The maximum Gasteiger partial charge on any atom is 0.471 e. The first kappa shape index (κ1) is 53.0. The zero-order valence-electron chi connectivity index (χ0n) is 44.5. The predicted molar refractivity (Wildman–Crippen MR) is 287 cm³/mol. The van der Waals surface area contributed by atoms with Gasteiger partial charge in [-0.2, -0.15) is 0 Å². The summed E-state index contributed by atoms with van der Waals surface area (Å²) in [5, 5.41) is 14.7. The molecular formula is C55H64N11O11P. The number of pyridine rings is 3. The molecule has 9 heterocycles. The largest absolute Gasteiger partial charge is 0.480 e. The summed E-state index contributed by atoms with van der Waals surface area (Å²) < 4.78 is 23.9. The highest BCUT2D eigenvalue weighted by molar-refractivity contribution is 7.46. The van der Waals surface area contributed by atoms with E-state index >= 15 is 0 Å². The molecule has 1 aromatic carbocycles. The summed E-state index contributed by atoms with van der Waals surface area (Å²) in [6.07, 6.45) is 5.94. The second-order valence-electron chi connectivity index (χ2n) is 22.0. The van der Waals surface area contributed by atoms with Crippen LogP contribution in [0.3, 0.4) is 0 Å². The molecule has 4 aromatic heterocycles. The van der Waals surface area contributed by atoms with E-state index in [4.69, 9.17) is 9.72 Å². The molecule has 0 radical (unpaired) electrons. The first-order valence-electron chi connectivity index (χ1n) is 26.5. The van der Waals surface area contributed by atoms with Crippen LogP contribution in [0.15, 0.2) is 67.1 Å². The number of aliphatic hydroxyl groups is 1. The summed E-state index contributed by atoms with van der Waals surface area (Å²) in [7, 11) is -3.51. The Bertz CT molecular complexity index is 3300. The lowest BCUT2D eigenvalue weighted by Gasteiger charge is -2.46. The van der Waals surface area contributed by atoms with Gasteiger partial charge in [-0.05, 0) is 118 Å². The van der Waals surface area contributed by atoms with Gasteiger partial charge in [0.2, 0.25) is 11.8 Å². The van der Waals surface area contributed by atoms with Gasteiger partial charge in [0, 0.05) is 99.2 Å². The third kappa shape index (κ3) is 9.72. The second kappa shape index (κ2) is 20.3. The third-order valence-electron chi connectivity index (χ3n) is 16.3. The summed E-state index contributed by atoms with van der Waals surface area (Å²) >= 11 is 0. The second-order valence-corrected chi connectivity index (χ2v) is 23.2. The van der Waals surface area contributed by atoms with Crippen molar-refractivity contribution in [3.8, 4) is 17.0 Å². The molecule has 5 amide bonds. The Balaban J connectivity index is 0.709. The number of carbonyl (C=O) groups is 5. The van der Waals surface area contributed by atoms with E-state index in [0.29, 0.717) is 69.6 Å². The van der Waals surface area contributed by atoms with Gasteiger partial charge in [-0.25, -0.2) is 19.5 Å². The number of likely N-dealkylation sites (tertiary alicyclic amines) is 1. The summed E-state index contributed by atoms with van der Waals surface area (Å²) in [4.78, 5) is 111. The Morgan fingerprint density at radius 3 is 2.27 bits per heavy atom. The molecule has 3 saturated heterocycles. The summed E-state index contributed by atoms with van der Waals surface area (Å²) in [5.74, 6) is -1.77. The van der Waals surface area contributed by atoms with Crippen LogP contribution >= 0.6 is 7.82 Å². The van der Waals surface area contributed by atoms with Crippen molar-refractivity contribution in [1.82, 2.24) is 34.2 Å². The van der Waals surface area contributed by atoms with Gasteiger partial charge in [-0.15, -0.1) is 0 Å². The van der Waals surface area contributed by atoms with Crippen molar-refractivity contribution >= 4 is 66.1 Å². The monoisotopic (exact) mass is 1090 g/mol. The minimum Gasteiger partial charge on any atom is -0.480 e. The minimum atomic E-state index is -5.06. The van der Waals surface area contributed by atoms with Crippen LogP contribution in [0.5, 0.6) is 5.88 Å². The molecule has 5 aliphatic heterocycles. The molecule has 0 saturated carbocycles. The van der Waals surface area contributed by atoms with Gasteiger partial charge in [0.1, 0.15) is 35.3 Å². The molecule has 4 atom stereocenters. The molecule has 0 spiro atoms. The number of carbonyl (C=O) groups excluding carboxylic acids is 5. The number of ether oxygens (including phenoxy) is 1. The van der Waals surface area contributed by atoms with Gasteiger partial charge < -0.3 is 39.3 Å². The molecule has 22 nitrogen and oxygen atoms in total. The van der Waals surface area contributed by atoms with Crippen LogP contribution in [0.1, 0.15) is 114 Å². The molecule has 23 heteroatoms. The number of nitrogens with one attached hydrogen (secondary N) is 1. The van der Waals surface area contributed by atoms with Crippen LogP contribution in [-0.2, 0) is 38.1 Å². The quantitative estimate of drug-likeness (QED) is 0.0817. The molecule has 6 aliphatic rings. The molecule has 4 N–H and O–H groups in total. The fourth-order valence-electron chi connectivity index (χ4n) is 12.6. The van der Waals surface area contributed by atoms with E-state index in [1.807, 2.05) is 36.5 Å². The van der Waals surface area contributed by atoms with Gasteiger partial charge in [0.15, 0.2) is 0 Å².